The van der Waals surface area contributed by atoms with Gasteiger partial charge in [-0.25, -0.2) is 14.8 Å². The summed E-state index contributed by atoms with van der Waals surface area (Å²) in [5.41, 5.74) is 6.50. The number of nitrogens with two attached hydrogens (primary N) is 1. The Balaban J connectivity index is 1.85. The maximum Gasteiger partial charge on any atom is 0.387 e. The van der Waals surface area contributed by atoms with E-state index in [0.29, 0.717) is 11.5 Å². The second-order valence-electron chi connectivity index (χ2n) is 5.88. The minimum absolute atomic E-state index is 0.0453. The molecular weight excluding hydrogens is 372 g/mol. The van der Waals surface area contributed by atoms with Crippen LogP contribution in [0.1, 0.15) is 27.4 Å². The van der Waals surface area contributed by atoms with Crippen molar-refractivity contribution in [3.8, 4) is 17.2 Å². The summed E-state index contributed by atoms with van der Waals surface area (Å²) in [5.74, 6) is 0.146. The Labute approximate surface area is 157 Å². The summed E-state index contributed by atoms with van der Waals surface area (Å²) in [7, 11) is 0. The number of furan rings is 1. The van der Waals surface area contributed by atoms with E-state index in [2.05, 4.69) is 14.7 Å². The van der Waals surface area contributed by atoms with Gasteiger partial charge in [-0.3, -0.25) is 0 Å². The molecule has 1 aliphatic heterocycles. The van der Waals surface area contributed by atoms with Crippen molar-refractivity contribution in [1.82, 2.24) is 9.97 Å². The van der Waals surface area contributed by atoms with Crippen molar-refractivity contribution in [2.24, 2.45) is 0 Å². The van der Waals surface area contributed by atoms with Crippen molar-refractivity contribution < 1.29 is 27.5 Å². The number of carbonyl (C=O) groups is 1. The Morgan fingerprint density at radius 3 is 2.61 bits per heavy atom. The number of hydrogen-bond donors (Lipinski definition) is 1. The van der Waals surface area contributed by atoms with Crippen molar-refractivity contribution >= 4 is 23.8 Å². The summed E-state index contributed by atoms with van der Waals surface area (Å²) in [4.78, 5) is 20.6. The van der Waals surface area contributed by atoms with Crippen LogP contribution in [0.15, 0.2) is 40.8 Å². The molecule has 2 aromatic heterocycles. The summed E-state index contributed by atoms with van der Waals surface area (Å²) in [6.45, 7) is -1.25. The molecule has 0 atom stereocenters. The third kappa shape index (κ3) is 3.18. The van der Waals surface area contributed by atoms with Crippen molar-refractivity contribution in [2.75, 3.05) is 5.73 Å². The summed E-state index contributed by atoms with van der Waals surface area (Å²) < 4.78 is 40.6. The van der Waals surface area contributed by atoms with Crippen LogP contribution < -0.4 is 10.5 Å². The number of rotatable bonds is 4. The molecule has 0 radical (unpaired) electrons. The van der Waals surface area contributed by atoms with Gasteiger partial charge in [0, 0.05) is 5.56 Å². The molecule has 0 unspecified atom stereocenters. The highest BCUT2D eigenvalue weighted by Crippen LogP contribution is 2.37. The zero-order valence-corrected chi connectivity index (χ0v) is 14.5. The third-order valence-electron chi connectivity index (χ3n) is 3.96. The lowest BCUT2D eigenvalue weighted by atomic mass is 10.1. The lowest BCUT2D eigenvalue weighted by Crippen LogP contribution is -2.05. The predicted octanol–water partition coefficient (Wildman–Crippen LogP) is 3.90. The monoisotopic (exact) mass is 385 g/mol. The van der Waals surface area contributed by atoms with Crippen LogP contribution >= 0.6 is 0 Å². The SMILES string of the molecule is Cc1ccc(-c2nc(N)nc3c2C(=O)O/C3=C\c2ccccc2OC(F)F)o1. The van der Waals surface area contributed by atoms with Crippen LogP contribution in [0.25, 0.3) is 23.3 Å². The highest BCUT2D eigenvalue weighted by Gasteiger charge is 2.34. The second kappa shape index (κ2) is 6.76. The molecule has 0 bridgehead atoms. The van der Waals surface area contributed by atoms with Crippen LogP contribution in [0, 0.1) is 6.92 Å². The molecule has 0 aliphatic carbocycles. The number of esters is 1. The lowest BCUT2D eigenvalue weighted by Gasteiger charge is -2.08. The van der Waals surface area contributed by atoms with Gasteiger partial charge < -0.3 is 19.6 Å². The largest absolute Gasteiger partial charge is 0.460 e. The number of hydrogen-bond acceptors (Lipinski definition) is 7. The maximum absolute atomic E-state index is 12.6. The zero-order valence-electron chi connectivity index (χ0n) is 14.5. The Morgan fingerprint density at radius 1 is 1.14 bits per heavy atom. The maximum atomic E-state index is 12.6. The van der Waals surface area contributed by atoms with Gasteiger partial charge in [0.15, 0.2) is 11.5 Å². The number of fused-ring (bicyclic) bond motifs is 1. The van der Waals surface area contributed by atoms with E-state index in [1.807, 2.05) is 0 Å². The summed E-state index contributed by atoms with van der Waals surface area (Å²) in [5, 5.41) is 0. The van der Waals surface area contributed by atoms with Crippen LogP contribution in [0.5, 0.6) is 5.75 Å². The van der Waals surface area contributed by atoms with Gasteiger partial charge in [0.1, 0.15) is 28.5 Å². The van der Waals surface area contributed by atoms with Crippen molar-refractivity contribution in [2.45, 2.75) is 13.5 Å². The molecule has 1 aliphatic rings. The summed E-state index contributed by atoms with van der Waals surface area (Å²) in [6, 6.07) is 9.46. The first-order valence-corrected chi connectivity index (χ1v) is 8.15. The molecule has 2 N–H and O–H groups in total. The highest BCUT2D eigenvalue weighted by atomic mass is 19.3. The van der Waals surface area contributed by atoms with Gasteiger partial charge in [0.25, 0.3) is 0 Å². The fourth-order valence-electron chi connectivity index (χ4n) is 2.83. The third-order valence-corrected chi connectivity index (χ3v) is 3.96. The molecule has 142 valence electrons. The van der Waals surface area contributed by atoms with Crippen molar-refractivity contribution in [3.63, 3.8) is 0 Å². The number of ether oxygens (including phenoxy) is 2. The second-order valence-corrected chi connectivity index (χ2v) is 5.88. The van der Waals surface area contributed by atoms with E-state index in [1.54, 1.807) is 31.2 Å². The van der Waals surface area contributed by atoms with E-state index in [1.165, 1.54) is 18.2 Å². The van der Waals surface area contributed by atoms with Gasteiger partial charge in [-0.1, -0.05) is 18.2 Å². The van der Waals surface area contributed by atoms with E-state index >= 15 is 0 Å². The number of nitrogens with zero attached hydrogens (tertiary/aromatic N) is 2. The molecule has 7 nitrogen and oxygen atoms in total. The lowest BCUT2D eigenvalue weighted by molar-refractivity contribution is -0.0500. The van der Waals surface area contributed by atoms with Crippen LogP contribution in [0.3, 0.4) is 0 Å². The predicted molar refractivity (Wildman–Crippen MR) is 95.2 cm³/mol. The smallest absolute Gasteiger partial charge is 0.387 e. The quantitative estimate of drug-likeness (QED) is 0.680. The van der Waals surface area contributed by atoms with Crippen LogP contribution in [-0.4, -0.2) is 22.5 Å². The van der Waals surface area contributed by atoms with Gasteiger partial charge in [0.2, 0.25) is 5.95 Å². The first kappa shape index (κ1) is 17.7. The Hall–Kier alpha value is -3.75. The molecule has 28 heavy (non-hydrogen) atoms. The molecule has 3 heterocycles. The topological polar surface area (TPSA) is 100 Å². The number of aryl methyl sites for hydroxylation is 1. The van der Waals surface area contributed by atoms with Crippen LogP contribution in [0.4, 0.5) is 14.7 Å². The minimum Gasteiger partial charge on any atom is -0.460 e. The molecule has 4 rings (SSSR count). The Kier molecular flexibility index (Phi) is 4.26. The van der Waals surface area contributed by atoms with E-state index < -0.39 is 12.6 Å². The number of nitrogen functional groups attached to an aromatic ring is 1. The minimum atomic E-state index is -3.00. The highest BCUT2D eigenvalue weighted by molar-refractivity contribution is 6.08. The number of cyclic esters (lactones) is 1. The molecular formula is C19H13F2N3O4. The number of aromatic nitrogens is 2. The number of anilines is 1. The molecule has 0 spiro atoms. The number of alkyl halides is 2. The first-order chi connectivity index (χ1) is 13.4. The molecule has 9 heteroatoms. The normalized spacial score (nSPS) is 14.4. The van der Waals surface area contributed by atoms with E-state index in [-0.39, 0.29) is 40.0 Å². The Morgan fingerprint density at radius 2 is 1.89 bits per heavy atom. The molecule has 1 aromatic carbocycles. The van der Waals surface area contributed by atoms with E-state index in [9.17, 15) is 13.6 Å². The fourth-order valence-corrected chi connectivity index (χ4v) is 2.83. The first-order valence-electron chi connectivity index (χ1n) is 8.15. The number of benzene rings is 1. The molecule has 0 amide bonds. The number of halogens is 2. The van der Waals surface area contributed by atoms with Crippen LogP contribution in [-0.2, 0) is 4.74 Å². The average Bonchev–Trinajstić information content (AvgIpc) is 3.20. The molecule has 0 saturated heterocycles. The van der Waals surface area contributed by atoms with E-state index in [4.69, 9.17) is 14.9 Å². The molecule has 0 saturated carbocycles. The summed E-state index contributed by atoms with van der Waals surface area (Å²) >= 11 is 0. The number of para-hydroxylation sites is 1. The molecule has 0 fully saturated rings. The van der Waals surface area contributed by atoms with E-state index in [0.717, 1.165) is 0 Å². The van der Waals surface area contributed by atoms with Gasteiger partial charge in [-0.2, -0.15) is 8.78 Å². The molecule has 3 aromatic rings. The Bertz CT molecular complexity index is 1110. The van der Waals surface area contributed by atoms with Gasteiger partial charge >= 0.3 is 12.6 Å². The fraction of sp³-hybridized carbons (Fsp3) is 0.105. The summed E-state index contributed by atoms with van der Waals surface area (Å²) in [6.07, 6.45) is 1.38. The zero-order chi connectivity index (χ0) is 19.8. The van der Waals surface area contributed by atoms with Crippen molar-refractivity contribution in [3.05, 3.63) is 59.0 Å². The van der Waals surface area contributed by atoms with Crippen molar-refractivity contribution in [1.29, 1.82) is 0 Å². The van der Waals surface area contributed by atoms with Gasteiger partial charge in [-0.15, -0.1) is 0 Å². The van der Waals surface area contributed by atoms with Gasteiger partial charge in [-0.05, 0) is 31.2 Å². The standard InChI is InChI=1S/C19H13F2N3O4/c1-9-6-7-12(26-9)15-14-16(24-19(22)23-15)13(27-17(14)25)8-10-4-2-3-5-11(10)28-18(20)21/h2-8,18H,1H3,(H2,22,23,24)/b13-8-. The number of carbonyl (C=O) groups excluding carboxylic acids is 1. The van der Waals surface area contributed by atoms with Gasteiger partial charge in [0.05, 0.1) is 0 Å². The average molecular weight is 385 g/mol. The van der Waals surface area contributed by atoms with Crippen LogP contribution in [0.2, 0.25) is 0 Å².